The van der Waals surface area contributed by atoms with Crippen LogP contribution in [0, 0.1) is 0 Å². The topological polar surface area (TPSA) is 60.4 Å². The number of hydrogen-bond acceptors (Lipinski definition) is 4. The number of hydrazine groups is 1. The number of hydrogen-bond donors (Lipinski definition) is 2. The SMILES string of the molecule is CCCCOc1ccc(C(NN)c2ccco2)cc1. The van der Waals surface area contributed by atoms with Gasteiger partial charge in [0.05, 0.1) is 12.9 Å². The van der Waals surface area contributed by atoms with Gasteiger partial charge >= 0.3 is 0 Å². The predicted octanol–water partition coefficient (Wildman–Crippen LogP) is 3.01. The summed E-state index contributed by atoms with van der Waals surface area (Å²) >= 11 is 0. The molecule has 4 heteroatoms. The Hall–Kier alpha value is -1.78. The zero-order valence-corrected chi connectivity index (χ0v) is 11.1. The lowest BCUT2D eigenvalue weighted by Crippen LogP contribution is -2.28. The van der Waals surface area contributed by atoms with Gasteiger partial charge in [-0.1, -0.05) is 25.5 Å². The summed E-state index contributed by atoms with van der Waals surface area (Å²) in [6.07, 6.45) is 3.85. The third-order valence-corrected chi connectivity index (χ3v) is 2.97. The number of nitrogens with one attached hydrogen (secondary N) is 1. The van der Waals surface area contributed by atoms with Crippen molar-refractivity contribution in [3.05, 3.63) is 54.0 Å². The minimum absolute atomic E-state index is 0.139. The minimum atomic E-state index is -0.139. The molecule has 1 aromatic heterocycles. The lowest BCUT2D eigenvalue weighted by molar-refractivity contribution is 0.309. The van der Waals surface area contributed by atoms with Gasteiger partial charge in [-0.25, -0.2) is 5.43 Å². The highest BCUT2D eigenvalue weighted by Crippen LogP contribution is 2.23. The number of furan rings is 1. The van der Waals surface area contributed by atoms with Gasteiger partial charge in [-0.2, -0.15) is 0 Å². The van der Waals surface area contributed by atoms with E-state index >= 15 is 0 Å². The molecule has 0 aliphatic heterocycles. The standard InChI is InChI=1S/C15H20N2O2/c1-2-3-10-18-13-8-6-12(7-9-13)15(17-16)14-5-4-11-19-14/h4-9,11,15,17H,2-3,10,16H2,1H3. The Bertz CT molecular complexity index is 465. The van der Waals surface area contributed by atoms with Gasteiger partial charge in [0, 0.05) is 0 Å². The van der Waals surface area contributed by atoms with E-state index in [1.54, 1.807) is 6.26 Å². The zero-order valence-electron chi connectivity index (χ0n) is 11.1. The van der Waals surface area contributed by atoms with Gasteiger partial charge in [0.1, 0.15) is 17.6 Å². The van der Waals surface area contributed by atoms with E-state index in [0.29, 0.717) is 0 Å². The average molecular weight is 260 g/mol. The fraction of sp³-hybridized carbons (Fsp3) is 0.333. The Morgan fingerprint density at radius 3 is 2.63 bits per heavy atom. The summed E-state index contributed by atoms with van der Waals surface area (Å²) in [6, 6.07) is 11.5. The summed E-state index contributed by atoms with van der Waals surface area (Å²) in [5.41, 5.74) is 3.80. The number of benzene rings is 1. The Kier molecular flexibility index (Phi) is 5.01. The summed E-state index contributed by atoms with van der Waals surface area (Å²) < 4.78 is 11.0. The van der Waals surface area contributed by atoms with E-state index in [-0.39, 0.29) is 6.04 Å². The number of nitrogens with two attached hydrogens (primary N) is 1. The summed E-state index contributed by atoms with van der Waals surface area (Å²) in [7, 11) is 0. The first-order valence-corrected chi connectivity index (χ1v) is 6.57. The molecule has 0 bridgehead atoms. The molecule has 1 unspecified atom stereocenters. The van der Waals surface area contributed by atoms with Crippen LogP contribution in [0.2, 0.25) is 0 Å². The maximum Gasteiger partial charge on any atom is 0.126 e. The van der Waals surface area contributed by atoms with Crippen LogP contribution >= 0.6 is 0 Å². The fourth-order valence-corrected chi connectivity index (χ4v) is 1.89. The van der Waals surface area contributed by atoms with Crippen molar-refractivity contribution in [2.75, 3.05) is 6.61 Å². The van der Waals surface area contributed by atoms with Gasteiger partial charge in [0.25, 0.3) is 0 Å². The van der Waals surface area contributed by atoms with Crippen molar-refractivity contribution in [3.8, 4) is 5.75 Å². The maximum atomic E-state index is 5.63. The third-order valence-electron chi connectivity index (χ3n) is 2.97. The quantitative estimate of drug-likeness (QED) is 0.456. The number of rotatable bonds is 7. The third kappa shape index (κ3) is 3.59. The number of unbranched alkanes of at least 4 members (excludes halogenated alkanes) is 1. The van der Waals surface area contributed by atoms with Crippen LogP contribution in [0.4, 0.5) is 0 Å². The Morgan fingerprint density at radius 2 is 2.05 bits per heavy atom. The molecule has 102 valence electrons. The fourth-order valence-electron chi connectivity index (χ4n) is 1.89. The molecule has 0 saturated carbocycles. The van der Waals surface area contributed by atoms with Crippen LogP contribution in [-0.4, -0.2) is 6.61 Å². The molecule has 2 rings (SSSR count). The molecule has 3 N–H and O–H groups in total. The minimum Gasteiger partial charge on any atom is -0.494 e. The summed E-state index contributed by atoms with van der Waals surface area (Å²) in [4.78, 5) is 0. The van der Waals surface area contributed by atoms with Crippen LogP contribution in [-0.2, 0) is 0 Å². The van der Waals surface area contributed by atoms with Gasteiger partial charge in [-0.15, -0.1) is 0 Å². The second-order valence-corrected chi connectivity index (χ2v) is 4.39. The van der Waals surface area contributed by atoms with Gasteiger partial charge in [-0.3, -0.25) is 5.84 Å². The smallest absolute Gasteiger partial charge is 0.126 e. The van der Waals surface area contributed by atoms with Crippen molar-refractivity contribution in [1.29, 1.82) is 0 Å². The second-order valence-electron chi connectivity index (χ2n) is 4.39. The molecule has 0 aliphatic carbocycles. The lowest BCUT2D eigenvalue weighted by Gasteiger charge is -2.14. The normalized spacial score (nSPS) is 12.3. The average Bonchev–Trinajstić information content (AvgIpc) is 2.96. The first kappa shape index (κ1) is 13.6. The molecule has 2 aromatic rings. The monoisotopic (exact) mass is 260 g/mol. The largest absolute Gasteiger partial charge is 0.494 e. The first-order chi connectivity index (χ1) is 9.35. The van der Waals surface area contributed by atoms with E-state index in [2.05, 4.69) is 12.3 Å². The maximum absolute atomic E-state index is 5.63. The molecule has 0 saturated heterocycles. The van der Waals surface area contributed by atoms with Gasteiger partial charge in [0.15, 0.2) is 0 Å². The Morgan fingerprint density at radius 1 is 1.26 bits per heavy atom. The van der Waals surface area contributed by atoms with Gasteiger partial charge < -0.3 is 9.15 Å². The van der Waals surface area contributed by atoms with Gasteiger partial charge in [0.2, 0.25) is 0 Å². The molecule has 4 nitrogen and oxygen atoms in total. The van der Waals surface area contributed by atoms with Crippen LogP contribution in [0.25, 0.3) is 0 Å². The van der Waals surface area contributed by atoms with Crippen molar-refractivity contribution < 1.29 is 9.15 Å². The van der Waals surface area contributed by atoms with E-state index in [1.165, 1.54) is 0 Å². The molecule has 0 aliphatic rings. The predicted molar refractivity (Wildman–Crippen MR) is 74.7 cm³/mol. The summed E-state index contributed by atoms with van der Waals surface area (Å²) in [5.74, 6) is 7.27. The molecule has 1 heterocycles. The van der Waals surface area contributed by atoms with E-state index in [0.717, 1.165) is 36.5 Å². The van der Waals surface area contributed by atoms with Crippen molar-refractivity contribution in [2.45, 2.75) is 25.8 Å². The van der Waals surface area contributed by atoms with Crippen molar-refractivity contribution >= 4 is 0 Å². The van der Waals surface area contributed by atoms with Crippen LogP contribution in [0.15, 0.2) is 47.1 Å². The van der Waals surface area contributed by atoms with Crippen LogP contribution in [0.1, 0.15) is 37.1 Å². The Balaban J connectivity index is 2.04. The van der Waals surface area contributed by atoms with E-state index in [9.17, 15) is 0 Å². The first-order valence-electron chi connectivity index (χ1n) is 6.57. The lowest BCUT2D eigenvalue weighted by atomic mass is 10.1. The molecule has 0 spiro atoms. The summed E-state index contributed by atoms with van der Waals surface area (Å²) in [6.45, 7) is 2.90. The molecule has 0 amide bonds. The highest BCUT2D eigenvalue weighted by molar-refractivity contribution is 5.32. The molecular weight excluding hydrogens is 240 g/mol. The second kappa shape index (κ2) is 6.97. The summed E-state index contributed by atoms with van der Waals surface area (Å²) in [5, 5.41) is 0. The number of ether oxygens (including phenoxy) is 1. The van der Waals surface area contributed by atoms with E-state index in [1.807, 2.05) is 36.4 Å². The highest BCUT2D eigenvalue weighted by atomic mass is 16.5. The zero-order chi connectivity index (χ0) is 13.5. The molecule has 19 heavy (non-hydrogen) atoms. The van der Waals surface area contributed by atoms with Gasteiger partial charge in [-0.05, 0) is 36.2 Å². The van der Waals surface area contributed by atoms with Crippen molar-refractivity contribution in [2.24, 2.45) is 5.84 Å². The molecule has 0 fully saturated rings. The van der Waals surface area contributed by atoms with Crippen LogP contribution < -0.4 is 16.0 Å². The molecule has 0 radical (unpaired) electrons. The van der Waals surface area contributed by atoms with Crippen LogP contribution in [0.3, 0.4) is 0 Å². The Labute approximate surface area is 113 Å². The molecule has 1 atom stereocenters. The van der Waals surface area contributed by atoms with Crippen molar-refractivity contribution in [3.63, 3.8) is 0 Å². The molecule has 1 aromatic carbocycles. The van der Waals surface area contributed by atoms with E-state index < -0.39 is 0 Å². The van der Waals surface area contributed by atoms with E-state index in [4.69, 9.17) is 15.0 Å². The highest BCUT2D eigenvalue weighted by Gasteiger charge is 2.14. The van der Waals surface area contributed by atoms with Crippen molar-refractivity contribution in [1.82, 2.24) is 5.43 Å². The molecular formula is C15H20N2O2. The van der Waals surface area contributed by atoms with Crippen LogP contribution in [0.5, 0.6) is 5.75 Å².